The van der Waals surface area contributed by atoms with E-state index in [4.69, 9.17) is 11.6 Å². The molecule has 0 saturated heterocycles. The number of carbonyl (C=O) groups is 1. The van der Waals surface area contributed by atoms with E-state index in [2.05, 4.69) is 26.1 Å². The van der Waals surface area contributed by atoms with E-state index in [1.807, 2.05) is 26.0 Å². The van der Waals surface area contributed by atoms with Gasteiger partial charge in [0.15, 0.2) is 5.82 Å². The normalized spacial score (nSPS) is 13.4. The van der Waals surface area contributed by atoms with Crippen LogP contribution in [0.3, 0.4) is 0 Å². The number of anilines is 2. The quantitative estimate of drug-likeness (QED) is 0.601. The Bertz CT molecular complexity index is 1040. The third kappa shape index (κ3) is 4.49. The first-order valence-corrected chi connectivity index (χ1v) is 10.7. The van der Waals surface area contributed by atoms with Crippen LogP contribution in [0.1, 0.15) is 42.0 Å². The van der Waals surface area contributed by atoms with Crippen molar-refractivity contribution in [2.24, 2.45) is 0 Å². The van der Waals surface area contributed by atoms with Gasteiger partial charge in [-0.25, -0.2) is 4.79 Å². The first-order chi connectivity index (χ1) is 14.5. The number of halogens is 1. The van der Waals surface area contributed by atoms with Crippen molar-refractivity contribution in [3.63, 3.8) is 0 Å². The van der Waals surface area contributed by atoms with Gasteiger partial charge in [0, 0.05) is 29.4 Å². The van der Waals surface area contributed by atoms with Crippen molar-refractivity contribution >= 4 is 29.0 Å². The standard InChI is InChI=1S/C23H26ClN5O/c1-16-7-12-20(17(2)14-16)29(23(30)25-19-10-8-18(24)9-11-19)15-22-27-26-21-6-4-3-5-13-28(21)22/h7-12,14H,3-6,13,15H2,1-2H3,(H,25,30). The van der Waals surface area contributed by atoms with Crippen molar-refractivity contribution in [1.29, 1.82) is 0 Å². The van der Waals surface area contributed by atoms with Crippen molar-refractivity contribution < 1.29 is 4.79 Å². The van der Waals surface area contributed by atoms with Crippen LogP contribution in [0, 0.1) is 13.8 Å². The highest BCUT2D eigenvalue weighted by Crippen LogP contribution is 2.25. The van der Waals surface area contributed by atoms with Crippen molar-refractivity contribution in [2.75, 3.05) is 10.2 Å². The van der Waals surface area contributed by atoms with E-state index >= 15 is 0 Å². The second kappa shape index (κ2) is 8.88. The molecule has 1 N–H and O–H groups in total. The number of hydrogen-bond acceptors (Lipinski definition) is 3. The molecule has 156 valence electrons. The fraction of sp³-hybridized carbons (Fsp3) is 0.348. The number of rotatable bonds is 4. The van der Waals surface area contributed by atoms with E-state index in [-0.39, 0.29) is 6.03 Å². The number of amides is 2. The number of carbonyl (C=O) groups excluding carboxylic acids is 1. The molecule has 7 heteroatoms. The maximum atomic E-state index is 13.3. The molecule has 1 aromatic heterocycles. The molecule has 30 heavy (non-hydrogen) atoms. The first-order valence-electron chi connectivity index (χ1n) is 10.3. The zero-order valence-electron chi connectivity index (χ0n) is 17.4. The summed E-state index contributed by atoms with van der Waals surface area (Å²) in [5.74, 6) is 1.83. The molecule has 6 nitrogen and oxygen atoms in total. The molecule has 4 rings (SSSR count). The molecule has 2 aromatic carbocycles. The Morgan fingerprint density at radius 2 is 1.90 bits per heavy atom. The zero-order valence-corrected chi connectivity index (χ0v) is 18.1. The second-order valence-electron chi connectivity index (χ2n) is 7.81. The minimum Gasteiger partial charge on any atom is -0.313 e. The zero-order chi connectivity index (χ0) is 21.1. The molecule has 2 heterocycles. The van der Waals surface area contributed by atoms with Crippen LogP contribution in [0.4, 0.5) is 16.2 Å². The van der Waals surface area contributed by atoms with Crippen molar-refractivity contribution in [1.82, 2.24) is 14.8 Å². The lowest BCUT2D eigenvalue weighted by Crippen LogP contribution is -2.36. The number of nitrogens with zero attached hydrogens (tertiary/aromatic N) is 4. The second-order valence-corrected chi connectivity index (χ2v) is 8.24. The van der Waals surface area contributed by atoms with Crippen molar-refractivity contribution in [2.45, 2.75) is 52.6 Å². The predicted octanol–water partition coefficient (Wildman–Crippen LogP) is 5.51. The summed E-state index contributed by atoms with van der Waals surface area (Å²) in [6.45, 7) is 5.33. The largest absolute Gasteiger partial charge is 0.326 e. The third-order valence-electron chi connectivity index (χ3n) is 5.47. The molecule has 0 saturated carbocycles. The molecule has 3 aromatic rings. The first kappa shape index (κ1) is 20.4. The SMILES string of the molecule is Cc1ccc(N(Cc2nnc3n2CCCCC3)C(=O)Nc2ccc(Cl)cc2)c(C)c1. The molecular formula is C23H26ClN5O. The van der Waals surface area contributed by atoms with Crippen LogP contribution < -0.4 is 10.2 Å². The van der Waals surface area contributed by atoms with Gasteiger partial charge in [0.1, 0.15) is 5.82 Å². The molecule has 0 spiro atoms. The fourth-order valence-corrected chi connectivity index (χ4v) is 4.03. The van der Waals surface area contributed by atoms with Crippen LogP contribution in [-0.2, 0) is 19.5 Å². The summed E-state index contributed by atoms with van der Waals surface area (Å²) in [6, 6.07) is 13.0. The third-order valence-corrected chi connectivity index (χ3v) is 5.72. The van der Waals surface area contributed by atoms with Gasteiger partial charge in [-0.3, -0.25) is 4.90 Å². The Morgan fingerprint density at radius 3 is 2.67 bits per heavy atom. The average molecular weight is 424 g/mol. The Hall–Kier alpha value is -2.86. The number of nitrogens with one attached hydrogen (secondary N) is 1. The van der Waals surface area contributed by atoms with Crippen LogP contribution in [0.5, 0.6) is 0 Å². The summed E-state index contributed by atoms with van der Waals surface area (Å²) in [5, 5.41) is 12.4. The molecular weight excluding hydrogens is 398 g/mol. The van der Waals surface area contributed by atoms with E-state index in [1.165, 1.54) is 6.42 Å². The van der Waals surface area contributed by atoms with Gasteiger partial charge >= 0.3 is 6.03 Å². The lowest BCUT2D eigenvalue weighted by molar-refractivity contribution is 0.256. The van der Waals surface area contributed by atoms with E-state index in [0.29, 0.717) is 17.3 Å². The summed E-state index contributed by atoms with van der Waals surface area (Å²) < 4.78 is 2.18. The summed E-state index contributed by atoms with van der Waals surface area (Å²) in [4.78, 5) is 15.1. The Balaban J connectivity index is 1.66. The Kier molecular flexibility index (Phi) is 6.04. The summed E-state index contributed by atoms with van der Waals surface area (Å²) in [5.41, 5.74) is 3.75. The number of benzene rings is 2. The van der Waals surface area contributed by atoms with Crippen LogP contribution >= 0.6 is 11.6 Å². The molecule has 2 amide bonds. The van der Waals surface area contributed by atoms with E-state index in [1.54, 1.807) is 29.2 Å². The molecule has 0 aliphatic carbocycles. The molecule has 1 aliphatic rings. The molecule has 0 unspecified atom stereocenters. The van der Waals surface area contributed by atoms with E-state index in [9.17, 15) is 4.79 Å². The molecule has 1 aliphatic heterocycles. The highest BCUT2D eigenvalue weighted by atomic mass is 35.5. The maximum absolute atomic E-state index is 13.3. The smallest absolute Gasteiger partial charge is 0.313 e. The van der Waals surface area contributed by atoms with Gasteiger partial charge in [-0.15, -0.1) is 10.2 Å². The summed E-state index contributed by atoms with van der Waals surface area (Å²) in [6.07, 6.45) is 4.38. The van der Waals surface area contributed by atoms with Crippen LogP contribution in [0.15, 0.2) is 42.5 Å². The highest BCUT2D eigenvalue weighted by molar-refractivity contribution is 6.30. The topological polar surface area (TPSA) is 63.1 Å². The van der Waals surface area contributed by atoms with Gasteiger partial charge in [-0.2, -0.15) is 0 Å². The molecule has 0 fully saturated rings. The minimum atomic E-state index is -0.213. The van der Waals surface area contributed by atoms with Gasteiger partial charge in [-0.1, -0.05) is 35.7 Å². The number of aryl methyl sites for hydroxylation is 3. The predicted molar refractivity (Wildman–Crippen MR) is 120 cm³/mol. The number of fused-ring (bicyclic) bond motifs is 1. The molecule has 0 bridgehead atoms. The highest BCUT2D eigenvalue weighted by Gasteiger charge is 2.23. The number of aromatic nitrogens is 3. The minimum absolute atomic E-state index is 0.213. The number of urea groups is 1. The van der Waals surface area contributed by atoms with Gasteiger partial charge in [0.2, 0.25) is 0 Å². The lowest BCUT2D eigenvalue weighted by atomic mass is 10.1. The van der Waals surface area contributed by atoms with E-state index < -0.39 is 0 Å². The summed E-state index contributed by atoms with van der Waals surface area (Å²) >= 11 is 5.98. The molecule has 0 atom stereocenters. The Labute approximate surface area is 181 Å². The maximum Gasteiger partial charge on any atom is 0.326 e. The van der Waals surface area contributed by atoms with Gasteiger partial charge in [0.05, 0.1) is 6.54 Å². The van der Waals surface area contributed by atoms with E-state index in [0.717, 1.165) is 54.3 Å². The van der Waals surface area contributed by atoms with Crippen LogP contribution in [-0.4, -0.2) is 20.8 Å². The fourth-order valence-electron chi connectivity index (χ4n) is 3.90. The van der Waals surface area contributed by atoms with Gasteiger partial charge < -0.3 is 9.88 Å². The van der Waals surface area contributed by atoms with Gasteiger partial charge in [-0.05, 0) is 62.6 Å². The average Bonchev–Trinajstić information content (AvgIpc) is 2.94. The van der Waals surface area contributed by atoms with Gasteiger partial charge in [0.25, 0.3) is 0 Å². The summed E-state index contributed by atoms with van der Waals surface area (Å²) in [7, 11) is 0. The number of hydrogen-bond donors (Lipinski definition) is 1. The monoisotopic (exact) mass is 423 g/mol. The van der Waals surface area contributed by atoms with Crippen LogP contribution in [0.25, 0.3) is 0 Å². The lowest BCUT2D eigenvalue weighted by Gasteiger charge is -2.25. The van der Waals surface area contributed by atoms with Crippen molar-refractivity contribution in [3.05, 3.63) is 70.3 Å². The Morgan fingerprint density at radius 1 is 1.10 bits per heavy atom. The molecule has 0 radical (unpaired) electrons. The van der Waals surface area contributed by atoms with Crippen molar-refractivity contribution in [3.8, 4) is 0 Å². The van der Waals surface area contributed by atoms with Crippen LogP contribution in [0.2, 0.25) is 5.02 Å².